The molecule has 0 saturated carbocycles. The van der Waals surface area contributed by atoms with E-state index in [1.807, 2.05) is 4.90 Å². The molecule has 4 rings (SSSR count). The van der Waals surface area contributed by atoms with E-state index < -0.39 is 0 Å². The lowest BCUT2D eigenvalue weighted by molar-refractivity contribution is 0.0631. The smallest absolute Gasteiger partial charge is 0.253 e. The second-order valence-corrected chi connectivity index (χ2v) is 6.53. The van der Waals surface area contributed by atoms with Gasteiger partial charge in [0.1, 0.15) is 11.0 Å². The number of carbonyl (C=O) groups excluding carboxylic acids is 1. The second-order valence-electron chi connectivity index (χ2n) is 6.53. The number of fused-ring (bicyclic) bond motifs is 1. The van der Waals surface area contributed by atoms with Gasteiger partial charge in [-0.25, -0.2) is 4.39 Å². The minimum absolute atomic E-state index is 0.0227. The van der Waals surface area contributed by atoms with Crippen LogP contribution in [0.3, 0.4) is 0 Å². The predicted molar refractivity (Wildman–Crippen MR) is 94.4 cm³/mol. The van der Waals surface area contributed by atoms with Crippen LogP contribution in [0.5, 0.6) is 5.75 Å². The average molecular weight is 354 g/mol. The van der Waals surface area contributed by atoms with E-state index in [4.69, 9.17) is 4.74 Å². The van der Waals surface area contributed by atoms with Crippen LogP contribution in [0.15, 0.2) is 42.5 Å². The van der Waals surface area contributed by atoms with Gasteiger partial charge in [-0.3, -0.25) is 4.79 Å². The van der Waals surface area contributed by atoms with E-state index in [0.717, 1.165) is 18.4 Å². The number of ether oxygens (including phenoxy) is 1. The van der Waals surface area contributed by atoms with Crippen molar-refractivity contribution in [2.45, 2.75) is 12.8 Å². The summed E-state index contributed by atoms with van der Waals surface area (Å²) in [6, 6.07) is 11.7. The van der Waals surface area contributed by atoms with Crippen LogP contribution < -0.4 is 4.74 Å². The van der Waals surface area contributed by atoms with E-state index in [0.29, 0.717) is 30.8 Å². The standard InChI is InChI=1S/C19H19FN4O2/c20-15-5-1-2-6-18(15)26-12-13-4-3-9-24(11-13)19(25)14-7-8-16-17(10-14)22-23-21-16/h1-2,5-8,10,13H,3-4,9,11-12H2,(H,21,22,23)/t13-/m0/s1. The molecule has 6 nitrogen and oxygen atoms in total. The molecule has 1 aliphatic rings. The highest BCUT2D eigenvalue weighted by Crippen LogP contribution is 2.22. The minimum atomic E-state index is -0.364. The zero-order valence-electron chi connectivity index (χ0n) is 14.2. The summed E-state index contributed by atoms with van der Waals surface area (Å²) in [7, 11) is 0. The monoisotopic (exact) mass is 354 g/mol. The number of nitrogens with one attached hydrogen (secondary N) is 1. The van der Waals surface area contributed by atoms with Crippen LogP contribution in [0.1, 0.15) is 23.2 Å². The molecule has 26 heavy (non-hydrogen) atoms. The summed E-state index contributed by atoms with van der Waals surface area (Å²) in [4.78, 5) is 14.6. The van der Waals surface area contributed by atoms with Crippen molar-refractivity contribution >= 4 is 16.9 Å². The van der Waals surface area contributed by atoms with E-state index in [1.54, 1.807) is 36.4 Å². The molecule has 134 valence electrons. The lowest BCUT2D eigenvalue weighted by atomic mass is 9.98. The molecule has 1 atom stereocenters. The first-order valence-corrected chi connectivity index (χ1v) is 8.68. The maximum Gasteiger partial charge on any atom is 0.253 e. The number of hydrogen-bond donors (Lipinski definition) is 1. The van der Waals surface area contributed by atoms with Gasteiger partial charge in [0.25, 0.3) is 5.91 Å². The predicted octanol–water partition coefficient (Wildman–Crippen LogP) is 3.03. The topological polar surface area (TPSA) is 71.1 Å². The van der Waals surface area contributed by atoms with Gasteiger partial charge in [0.05, 0.1) is 6.61 Å². The van der Waals surface area contributed by atoms with Crippen molar-refractivity contribution in [3.63, 3.8) is 0 Å². The fourth-order valence-electron chi connectivity index (χ4n) is 3.31. The minimum Gasteiger partial charge on any atom is -0.490 e. The Labute approximate surface area is 150 Å². The van der Waals surface area contributed by atoms with Crippen LogP contribution in [-0.2, 0) is 0 Å². The number of hydrogen-bond acceptors (Lipinski definition) is 4. The maximum atomic E-state index is 13.7. The van der Waals surface area contributed by atoms with Gasteiger partial charge in [-0.15, -0.1) is 0 Å². The summed E-state index contributed by atoms with van der Waals surface area (Å²) in [5.41, 5.74) is 2.01. The summed E-state index contributed by atoms with van der Waals surface area (Å²) in [5.74, 6) is 0.0539. The first-order chi connectivity index (χ1) is 12.7. The molecule has 1 fully saturated rings. The first-order valence-electron chi connectivity index (χ1n) is 8.68. The number of benzene rings is 2. The number of nitrogens with zero attached hydrogens (tertiary/aromatic N) is 3. The largest absolute Gasteiger partial charge is 0.490 e. The molecule has 2 heterocycles. The highest BCUT2D eigenvalue weighted by molar-refractivity contribution is 5.97. The Bertz CT molecular complexity index is 927. The van der Waals surface area contributed by atoms with Crippen LogP contribution in [0.25, 0.3) is 11.0 Å². The molecule has 0 radical (unpaired) electrons. The molecule has 0 aliphatic carbocycles. The van der Waals surface area contributed by atoms with Gasteiger partial charge in [-0.05, 0) is 43.2 Å². The lowest BCUT2D eigenvalue weighted by Gasteiger charge is -2.32. The highest BCUT2D eigenvalue weighted by Gasteiger charge is 2.25. The molecule has 7 heteroatoms. The number of aromatic amines is 1. The molecule has 1 aromatic heterocycles. The van der Waals surface area contributed by atoms with Crippen molar-refractivity contribution in [1.82, 2.24) is 20.3 Å². The summed E-state index contributed by atoms with van der Waals surface area (Å²) in [6.07, 6.45) is 1.86. The van der Waals surface area contributed by atoms with Gasteiger partial charge < -0.3 is 9.64 Å². The molecule has 0 bridgehead atoms. The molecule has 1 saturated heterocycles. The SMILES string of the molecule is O=C(c1ccc2n[nH]nc2c1)N1CCC[C@H](COc2ccccc2F)C1. The summed E-state index contributed by atoms with van der Waals surface area (Å²) in [5, 5.41) is 10.6. The molecule has 0 unspecified atom stereocenters. The third-order valence-electron chi connectivity index (χ3n) is 4.68. The zero-order chi connectivity index (χ0) is 17.9. The van der Waals surface area contributed by atoms with E-state index in [1.165, 1.54) is 6.07 Å². The molecule has 3 aromatic rings. The maximum absolute atomic E-state index is 13.7. The second kappa shape index (κ2) is 7.11. The van der Waals surface area contributed by atoms with Crippen LogP contribution in [-0.4, -0.2) is 45.9 Å². The normalized spacial score (nSPS) is 17.4. The van der Waals surface area contributed by atoms with Crippen molar-refractivity contribution < 1.29 is 13.9 Å². The van der Waals surface area contributed by atoms with Crippen LogP contribution >= 0.6 is 0 Å². The molecular weight excluding hydrogens is 335 g/mol. The number of piperidine rings is 1. The fourth-order valence-corrected chi connectivity index (χ4v) is 3.31. The summed E-state index contributed by atoms with van der Waals surface area (Å²) < 4.78 is 19.3. The number of rotatable bonds is 4. The molecule has 2 aromatic carbocycles. The summed E-state index contributed by atoms with van der Waals surface area (Å²) >= 11 is 0. The number of halogens is 1. The fraction of sp³-hybridized carbons (Fsp3) is 0.316. The van der Waals surface area contributed by atoms with Gasteiger partial charge in [0.15, 0.2) is 11.6 Å². The third-order valence-corrected chi connectivity index (χ3v) is 4.68. The number of likely N-dealkylation sites (tertiary alicyclic amines) is 1. The Morgan fingerprint density at radius 2 is 2.08 bits per heavy atom. The number of H-pyrrole nitrogens is 1. The van der Waals surface area contributed by atoms with Crippen molar-refractivity contribution in [3.8, 4) is 5.75 Å². The van der Waals surface area contributed by atoms with Gasteiger partial charge >= 0.3 is 0 Å². The molecule has 1 amide bonds. The van der Waals surface area contributed by atoms with E-state index in [9.17, 15) is 9.18 Å². The van der Waals surface area contributed by atoms with E-state index >= 15 is 0 Å². The number of para-hydroxylation sites is 1. The Kier molecular flexibility index (Phi) is 4.51. The summed E-state index contributed by atoms with van der Waals surface area (Å²) in [6.45, 7) is 1.71. The van der Waals surface area contributed by atoms with Crippen molar-refractivity contribution in [2.24, 2.45) is 5.92 Å². The quantitative estimate of drug-likeness (QED) is 0.782. The first kappa shape index (κ1) is 16.5. The molecule has 1 N–H and O–H groups in total. The molecule has 1 aliphatic heterocycles. The zero-order valence-corrected chi connectivity index (χ0v) is 14.2. The van der Waals surface area contributed by atoms with Crippen LogP contribution in [0.2, 0.25) is 0 Å². The number of carbonyl (C=O) groups is 1. The Morgan fingerprint density at radius 1 is 1.23 bits per heavy atom. The van der Waals surface area contributed by atoms with Gasteiger partial charge in [-0.2, -0.15) is 15.4 Å². The number of amides is 1. The van der Waals surface area contributed by atoms with E-state index in [-0.39, 0.29) is 23.4 Å². The average Bonchev–Trinajstić information content (AvgIpc) is 3.15. The van der Waals surface area contributed by atoms with Crippen LogP contribution in [0.4, 0.5) is 4.39 Å². The van der Waals surface area contributed by atoms with Gasteiger partial charge in [0.2, 0.25) is 0 Å². The van der Waals surface area contributed by atoms with Crippen molar-refractivity contribution in [1.29, 1.82) is 0 Å². The van der Waals surface area contributed by atoms with Gasteiger partial charge in [-0.1, -0.05) is 12.1 Å². The third kappa shape index (κ3) is 3.37. The molecule has 0 spiro atoms. The van der Waals surface area contributed by atoms with Gasteiger partial charge in [0, 0.05) is 24.6 Å². The van der Waals surface area contributed by atoms with Crippen LogP contribution in [0, 0.1) is 11.7 Å². The Hall–Kier alpha value is -2.96. The lowest BCUT2D eigenvalue weighted by Crippen LogP contribution is -2.41. The number of aromatic nitrogens is 3. The van der Waals surface area contributed by atoms with Crippen molar-refractivity contribution in [2.75, 3.05) is 19.7 Å². The molecular formula is C19H19FN4O2. The Morgan fingerprint density at radius 3 is 2.96 bits per heavy atom. The van der Waals surface area contributed by atoms with E-state index in [2.05, 4.69) is 15.4 Å². The highest BCUT2D eigenvalue weighted by atomic mass is 19.1. The Balaban J connectivity index is 1.41. The van der Waals surface area contributed by atoms with Crippen molar-refractivity contribution in [3.05, 3.63) is 53.8 Å².